The molecule has 2 aromatic rings. The van der Waals surface area contributed by atoms with Gasteiger partial charge in [-0.25, -0.2) is 4.79 Å². The predicted octanol–water partition coefficient (Wildman–Crippen LogP) is 4.96. The molecule has 0 aromatic heterocycles. The van der Waals surface area contributed by atoms with Crippen LogP contribution in [0.1, 0.15) is 53.5 Å². The number of carbonyl (C=O) groups is 1. The molecule has 0 fully saturated rings. The molecule has 0 saturated carbocycles. The molecule has 1 aliphatic heterocycles. The van der Waals surface area contributed by atoms with Gasteiger partial charge < -0.3 is 0 Å². The third-order valence-electron chi connectivity index (χ3n) is 6.70. The van der Waals surface area contributed by atoms with Crippen molar-refractivity contribution in [1.82, 2.24) is 0 Å². The van der Waals surface area contributed by atoms with E-state index in [4.69, 9.17) is 4.84 Å². The first kappa shape index (κ1) is 20.5. The summed E-state index contributed by atoms with van der Waals surface area (Å²) in [7, 11) is 0. The number of carbonyl (C=O) groups excluding carboxylic acids is 1. The second-order valence-electron chi connectivity index (χ2n) is 8.26. The predicted molar refractivity (Wildman–Crippen MR) is 115 cm³/mol. The SMILES string of the molecule is CC[N+](CC)(CC)OC(=O)CC[N+]1=C(C)C(C)(C)c2c1ccc1ccccc21. The van der Waals surface area contributed by atoms with Gasteiger partial charge in [0.15, 0.2) is 12.3 Å². The van der Waals surface area contributed by atoms with Crippen molar-refractivity contribution in [2.75, 3.05) is 26.2 Å². The molecule has 1 aliphatic rings. The zero-order chi connectivity index (χ0) is 20.5. The molecule has 0 atom stereocenters. The van der Waals surface area contributed by atoms with Crippen LogP contribution in [0.5, 0.6) is 0 Å². The molecule has 0 unspecified atom stereocenters. The molecule has 3 rings (SSSR count). The molecule has 0 N–H and O–H groups in total. The molecule has 0 radical (unpaired) electrons. The number of fused-ring (bicyclic) bond motifs is 3. The topological polar surface area (TPSA) is 29.3 Å². The minimum Gasteiger partial charge on any atom is -0.276 e. The van der Waals surface area contributed by atoms with Crippen molar-refractivity contribution in [3.05, 3.63) is 42.0 Å². The molecule has 0 aliphatic carbocycles. The molecule has 4 nitrogen and oxygen atoms in total. The Morgan fingerprint density at radius 2 is 1.68 bits per heavy atom. The smallest absolute Gasteiger partial charge is 0.276 e. The van der Waals surface area contributed by atoms with Gasteiger partial charge in [-0.15, -0.1) is 4.65 Å². The summed E-state index contributed by atoms with van der Waals surface area (Å²) in [5.74, 6) is -0.120. The van der Waals surface area contributed by atoms with Gasteiger partial charge in [0, 0.05) is 18.6 Å². The van der Waals surface area contributed by atoms with E-state index in [1.54, 1.807) is 0 Å². The lowest BCUT2D eigenvalue weighted by molar-refractivity contribution is -1.09. The van der Waals surface area contributed by atoms with E-state index in [9.17, 15) is 4.79 Å². The fraction of sp³-hybridized carbons (Fsp3) is 0.500. The number of benzene rings is 2. The van der Waals surface area contributed by atoms with Crippen LogP contribution in [0.15, 0.2) is 36.4 Å². The summed E-state index contributed by atoms with van der Waals surface area (Å²) in [5, 5.41) is 2.56. The highest BCUT2D eigenvalue weighted by Crippen LogP contribution is 2.43. The molecular formula is C24H34N2O2+2. The summed E-state index contributed by atoms with van der Waals surface area (Å²) in [4.78, 5) is 18.5. The number of hydrogen-bond donors (Lipinski definition) is 0. The van der Waals surface area contributed by atoms with Crippen LogP contribution in [0.3, 0.4) is 0 Å². The lowest BCUT2D eigenvalue weighted by atomic mass is 9.80. The molecule has 0 amide bonds. The van der Waals surface area contributed by atoms with Crippen molar-refractivity contribution in [3.8, 4) is 0 Å². The van der Waals surface area contributed by atoms with Crippen LogP contribution in [0, 0.1) is 0 Å². The summed E-state index contributed by atoms with van der Waals surface area (Å²) in [5.41, 5.74) is 3.80. The maximum atomic E-state index is 12.6. The van der Waals surface area contributed by atoms with E-state index in [0.29, 0.717) is 17.6 Å². The standard InChI is InChI=1S/C24H34N2O2/c1-7-26(8-2,9-3)28-22(27)16-17-25-18(4)24(5,6)23-20-13-11-10-12-19(20)14-15-21(23)25/h10-15H,7-9,16-17H2,1-6H3/q+2. The molecule has 0 spiro atoms. The maximum absolute atomic E-state index is 12.6. The summed E-state index contributed by atoms with van der Waals surface area (Å²) >= 11 is 0. The molecule has 0 bridgehead atoms. The Labute approximate surface area is 169 Å². The van der Waals surface area contributed by atoms with Crippen LogP contribution >= 0.6 is 0 Å². The zero-order valence-corrected chi connectivity index (χ0v) is 18.2. The van der Waals surface area contributed by atoms with Crippen molar-refractivity contribution in [1.29, 1.82) is 0 Å². The molecule has 0 saturated heterocycles. The van der Waals surface area contributed by atoms with E-state index >= 15 is 0 Å². The highest BCUT2D eigenvalue weighted by Gasteiger charge is 2.44. The average molecular weight is 383 g/mol. The van der Waals surface area contributed by atoms with Gasteiger partial charge in [-0.1, -0.05) is 24.3 Å². The Morgan fingerprint density at radius 1 is 1.04 bits per heavy atom. The number of quaternary nitrogens is 1. The van der Waals surface area contributed by atoms with Gasteiger partial charge in [-0.3, -0.25) is 4.84 Å². The van der Waals surface area contributed by atoms with Gasteiger partial charge >= 0.3 is 5.97 Å². The first-order chi connectivity index (χ1) is 13.3. The van der Waals surface area contributed by atoms with Gasteiger partial charge in [0.1, 0.15) is 26.1 Å². The lowest BCUT2D eigenvalue weighted by Gasteiger charge is -2.31. The average Bonchev–Trinajstić information content (AvgIpc) is 2.90. The third-order valence-corrected chi connectivity index (χ3v) is 6.70. The highest BCUT2D eigenvalue weighted by atomic mass is 16.7. The summed E-state index contributed by atoms with van der Waals surface area (Å²) in [6.07, 6.45) is 0.389. The van der Waals surface area contributed by atoms with Crippen molar-refractivity contribution >= 4 is 28.1 Å². The molecule has 2 aromatic carbocycles. The van der Waals surface area contributed by atoms with Crippen molar-refractivity contribution in [3.63, 3.8) is 0 Å². The largest absolute Gasteiger partial charge is 0.373 e. The van der Waals surface area contributed by atoms with Gasteiger partial charge in [-0.05, 0) is 51.5 Å². The second-order valence-corrected chi connectivity index (χ2v) is 8.26. The number of nitrogens with zero attached hydrogens (tertiary/aromatic N) is 2. The third kappa shape index (κ3) is 3.35. The van der Waals surface area contributed by atoms with Crippen LogP contribution < -0.4 is 0 Å². The van der Waals surface area contributed by atoms with Crippen molar-refractivity contribution in [2.45, 2.75) is 53.4 Å². The summed E-state index contributed by atoms with van der Waals surface area (Å²) < 4.78 is 2.70. The van der Waals surface area contributed by atoms with Crippen LogP contribution in [0.4, 0.5) is 5.69 Å². The van der Waals surface area contributed by atoms with E-state index in [1.807, 2.05) is 0 Å². The molecular weight excluding hydrogens is 348 g/mol. The van der Waals surface area contributed by atoms with Gasteiger partial charge in [0.2, 0.25) is 5.69 Å². The fourth-order valence-electron chi connectivity index (χ4n) is 4.46. The van der Waals surface area contributed by atoms with Gasteiger partial charge in [0.25, 0.3) is 0 Å². The van der Waals surface area contributed by atoms with Crippen molar-refractivity contribution in [2.24, 2.45) is 0 Å². The van der Waals surface area contributed by atoms with Crippen LogP contribution in [-0.4, -0.2) is 47.1 Å². The van der Waals surface area contributed by atoms with Gasteiger partial charge in [-0.2, -0.15) is 4.58 Å². The highest BCUT2D eigenvalue weighted by molar-refractivity contribution is 6.01. The van der Waals surface area contributed by atoms with Crippen LogP contribution in [0.2, 0.25) is 0 Å². The van der Waals surface area contributed by atoms with Gasteiger partial charge in [0.05, 0.1) is 5.41 Å². The Kier molecular flexibility index (Phi) is 5.62. The minimum absolute atomic E-state index is 0.0593. The van der Waals surface area contributed by atoms with Crippen LogP contribution in [-0.2, 0) is 15.0 Å². The number of hydroxylamine groups is 3. The second kappa shape index (κ2) is 7.67. The summed E-state index contributed by atoms with van der Waals surface area (Å²) in [6.45, 7) is 16.0. The first-order valence-corrected chi connectivity index (χ1v) is 10.5. The summed E-state index contributed by atoms with van der Waals surface area (Å²) in [6, 6.07) is 12.9. The van der Waals surface area contributed by atoms with E-state index in [2.05, 4.69) is 82.5 Å². The Balaban J connectivity index is 1.87. The normalized spacial score (nSPS) is 15.8. The Morgan fingerprint density at radius 3 is 2.32 bits per heavy atom. The molecule has 28 heavy (non-hydrogen) atoms. The molecule has 4 heteroatoms. The van der Waals surface area contributed by atoms with E-state index in [-0.39, 0.29) is 11.4 Å². The zero-order valence-electron chi connectivity index (χ0n) is 18.2. The van der Waals surface area contributed by atoms with E-state index < -0.39 is 0 Å². The van der Waals surface area contributed by atoms with Crippen LogP contribution in [0.25, 0.3) is 10.8 Å². The lowest BCUT2D eigenvalue weighted by Crippen LogP contribution is -2.49. The Bertz CT molecular complexity index is 915. The monoisotopic (exact) mass is 382 g/mol. The number of rotatable bonds is 7. The van der Waals surface area contributed by atoms with Crippen molar-refractivity contribution < 1.29 is 18.9 Å². The van der Waals surface area contributed by atoms with E-state index in [0.717, 1.165) is 19.6 Å². The number of hydrogen-bond acceptors (Lipinski definition) is 2. The minimum atomic E-state index is -0.120. The molecule has 150 valence electrons. The maximum Gasteiger partial charge on any atom is 0.373 e. The first-order valence-electron chi connectivity index (χ1n) is 10.5. The molecule has 1 heterocycles. The van der Waals surface area contributed by atoms with E-state index in [1.165, 1.54) is 27.7 Å². The fourth-order valence-corrected chi connectivity index (χ4v) is 4.46. The quantitative estimate of drug-likeness (QED) is 0.385. The Hall–Kier alpha value is -2.20.